The predicted octanol–water partition coefficient (Wildman–Crippen LogP) is 2.39. The van der Waals surface area contributed by atoms with Crippen LogP contribution < -0.4 is 4.74 Å². The van der Waals surface area contributed by atoms with Crippen LogP contribution in [0.5, 0.6) is 5.75 Å². The molecule has 0 radical (unpaired) electrons. The summed E-state index contributed by atoms with van der Waals surface area (Å²) in [5.74, 6) is 0.343. The number of amides is 2. The molecule has 0 aromatic heterocycles. The molecule has 2 aromatic carbocycles. The highest BCUT2D eigenvalue weighted by molar-refractivity contribution is 5.84. The molecular formula is C21H21FN2O3. The van der Waals surface area contributed by atoms with Gasteiger partial charge in [0.1, 0.15) is 11.6 Å². The molecule has 0 bridgehead atoms. The third kappa shape index (κ3) is 3.79. The molecule has 5 nitrogen and oxygen atoms in total. The van der Waals surface area contributed by atoms with Gasteiger partial charge in [-0.3, -0.25) is 9.59 Å². The van der Waals surface area contributed by atoms with E-state index in [4.69, 9.17) is 4.74 Å². The molecule has 2 amide bonds. The summed E-state index contributed by atoms with van der Waals surface area (Å²) in [6, 6.07) is 13.9. The molecule has 4 rings (SSSR count). The number of benzene rings is 2. The van der Waals surface area contributed by atoms with Gasteiger partial charge in [0, 0.05) is 39.0 Å². The molecule has 2 heterocycles. The van der Waals surface area contributed by atoms with E-state index in [1.54, 1.807) is 21.9 Å². The molecule has 2 aromatic rings. The second-order valence-corrected chi connectivity index (χ2v) is 6.94. The number of carbonyl (C=O) groups is 2. The topological polar surface area (TPSA) is 49.9 Å². The maximum absolute atomic E-state index is 13.4. The van der Waals surface area contributed by atoms with E-state index in [0.717, 1.165) is 16.9 Å². The number of nitrogens with zero attached hydrogens (tertiary/aromatic N) is 2. The van der Waals surface area contributed by atoms with Gasteiger partial charge in [0.25, 0.3) is 5.91 Å². The number of carbonyl (C=O) groups excluding carboxylic acids is 2. The highest BCUT2D eigenvalue weighted by Crippen LogP contribution is 2.29. The highest BCUT2D eigenvalue weighted by Gasteiger charge is 2.33. The van der Waals surface area contributed by atoms with E-state index in [1.165, 1.54) is 12.1 Å². The fourth-order valence-corrected chi connectivity index (χ4v) is 3.63. The predicted molar refractivity (Wildman–Crippen MR) is 97.6 cm³/mol. The fraction of sp³-hybridized carbons (Fsp3) is 0.333. The first kappa shape index (κ1) is 17.5. The second kappa shape index (κ2) is 7.39. The number of para-hydroxylation sites is 1. The van der Waals surface area contributed by atoms with E-state index in [9.17, 15) is 14.0 Å². The van der Waals surface area contributed by atoms with Crippen LogP contribution in [0.2, 0.25) is 0 Å². The van der Waals surface area contributed by atoms with Crippen LogP contribution in [-0.2, 0) is 22.6 Å². The SMILES string of the molecule is O=C1CCN(C(=O)C2Cc3ccccc3O2)CCN1Cc1cccc(F)c1. The van der Waals surface area contributed by atoms with Gasteiger partial charge in [-0.15, -0.1) is 0 Å². The first-order valence-corrected chi connectivity index (χ1v) is 9.16. The van der Waals surface area contributed by atoms with Gasteiger partial charge in [-0.05, 0) is 29.3 Å². The molecule has 140 valence electrons. The first-order chi connectivity index (χ1) is 13.1. The number of hydrogen-bond donors (Lipinski definition) is 0. The molecule has 0 saturated carbocycles. The van der Waals surface area contributed by atoms with E-state index in [2.05, 4.69) is 0 Å². The smallest absolute Gasteiger partial charge is 0.264 e. The van der Waals surface area contributed by atoms with Crippen LogP contribution in [0.4, 0.5) is 4.39 Å². The molecule has 1 saturated heterocycles. The Morgan fingerprint density at radius 2 is 1.96 bits per heavy atom. The molecule has 6 heteroatoms. The van der Waals surface area contributed by atoms with Crippen molar-refractivity contribution in [3.8, 4) is 5.75 Å². The minimum absolute atomic E-state index is 0.0230. The summed E-state index contributed by atoms with van der Waals surface area (Å²) in [6.07, 6.45) is 0.306. The normalized spacial score (nSPS) is 19.4. The largest absolute Gasteiger partial charge is 0.480 e. The quantitative estimate of drug-likeness (QED) is 0.836. The van der Waals surface area contributed by atoms with Crippen molar-refractivity contribution < 1.29 is 18.7 Å². The Labute approximate surface area is 157 Å². The summed E-state index contributed by atoms with van der Waals surface area (Å²) < 4.78 is 19.2. The standard InChI is InChI=1S/C21H21FN2O3/c22-17-6-3-4-15(12-17)14-24-11-10-23(9-8-20(24)25)21(26)19-13-16-5-1-2-7-18(16)27-19/h1-7,12,19H,8-11,13-14H2. The molecule has 0 N–H and O–H groups in total. The Balaban J connectivity index is 1.39. The van der Waals surface area contributed by atoms with Gasteiger partial charge in [0.05, 0.1) is 0 Å². The van der Waals surface area contributed by atoms with Crippen molar-refractivity contribution in [1.82, 2.24) is 9.80 Å². The van der Waals surface area contributed by atoms with Gasteiger partial charge < -0.3 is 14.5 Å². The molecule has 1 fully saturated rings. The van der Waals surface area contributed by atoms with Gasteiger partial charge in [-0.1, -0.05) is 30.3 Å². The zero-order valence-electron chi connectivity index (χ0n) is 14.9. The molecule has 0 aliphatic carbocycles. The zero-order valence-corrected chi connectivity index (χ0v) is 14.9. The van der Waals surface area contributed by atoms with Gasteiger partial charge in [-0.25, -0.2) is 4.39 Å². The molecule has 1 atom stereocenters. The summed E-state index contributed by atoms with van der Waals surface area (Å²) in [5.41, 5.74) is 1.78. The van der Waals surface area contributed by atoms with Crippen molar-refractivity contribution in [2.24, 2.45) is 0 Å². The highest BCUT2D eigenvalue weighted by atomic mass is 19.1. The third-order valence-electron chi connectivity index (χ3n) is 5.08. The van der Waals surface area contributed by atoms with Crippen LogP contribution in [0.15, 0.2) is 48.5 Å². The lowest BCUT2D eigenvalue weighted by Crippen LogP contribution is -2.43. The van der Waals surface area contributed by atoms with Crippen molar-refractivity contribution in [3.63, 3.8) is 0 Å². The Hall–Kier alpha value is -2.89. The minimum atomic E-state index is -0.521. The van der Waals surface area contributed by atoms with Crippen LogP contribution in [0.1, 0.15) is 17.5 Å². The molecule has 27 heavy (non-hydrogen) atoms. The maximum Gasteiger partial charge on any atom is 0.264 e. The summed E-state index contributed by atoms with van der Waals surface area (Å²) >= 11 is 0. The minimum Gasteiger partial charge on any atom is -0.480 e. The van der Waals surface area contributed by atoms with Crippen LogP contribution in [0, 0.1) is 5.82 Å². The van der Waals surface area contributed by atoms with E-state index < -0.39 is 6.10 Å². The second-order valence-electron chi connectivity index (χ2n) is 6.94. The Morgan fingerprint density at radius 3 is 2.78 bits per heavy atom. The fourth-order valence-electron chi connectivity index (χ4n) is 3.63. The number of rotatable bonds is 3. The van der Waals surface area contributed by atoms with Crippen molar-refractivity contribution >= 4 is 11.8 Å². The van der Waals surface area contributed by atoms with Crippen molar-refractivity contribution in [2.45, 2.75) is 25.5 Å². The molecular weight excluding hydrogens is 347 g/mol. The van der Waals surface area contributed by atoms with Crippen molar-refractivity contribution in [3.05, 3.63) is 65.5 Å². The molecule has 1 unspecified atom stereocenters. The Kier molecular flexibility index (Phi) is 4.79. The van der Waals surface area contributed by atoms with Gasteiger partial charge >= 0.3 is 0 Å². The van der Waals surface area contributed by atoms with Crippen molar-refractivity contribution in [2.75, 3.05) is 19.6 Å². The van der Waals surface area contributed by atoms with E-state index in [1.807, 2.05) is 24.3 Å². The Morgan fingerprint density at radius 1 is 1.11 bits per heavy atom. The average molecular weight is 368 g/mol. The molecule has 2 aliphatic rings. The van der Waals surface area contributed by atoms with Gasteiger partial charge in [0.2, 0.25) is 5.91 Å². The maximum atomic E-state index is 13.4. The summed E-state index contributed by atoms with van der Waals surface area (Å²) in [5, 5.41) is 0. The van der Waals surface area contributed by atoms with E-state index >= 15 is 0 Å². The number of halogens is 1. The van der Waals surface area contributed by atoms with E-state index in [0.29, 0.717) is 32.6 Å². The van der Waals surface area contributed by atoms with Crippen LogP contribution >= 0.6 is 0 Å². The lowest BCUT2D eigenvalue weighted by atomic mass is 10.1. The number of hydrogen-bond acceptors (Lipinski definition) is 3. The zero-order chi connectivity index (χ0) is 18.8. The molecule has 0 spiro atoms. The lowest BCUT2D eigenvalue weighted by molar-refractivity contribution is -0.137. The lowest BCUT2D eigenvalue weighted by Gasteiger charge is -2.24. The van der Waals surface area contributed by atoms with E-state index in [-0.39, 0.29) is 24.1 Å². The van der Waals surface area contributed by atoms with Gasteiger partial charge in [0.15, 0.2) is 6.10 Å². The Bertz CT molecular complexity index is 845. The monoisotopic (exact) mass is 368 g/mol. The summed E-state index contributed by atoms with van der Waals surface area (Å²) in [4.78, 5) is 28.7. The van der Waals surface area contributed by atoms with Gasteiger partial charge in [-0.2, -0.15) is 0 Å². The third-order valence-corrected chi connectivity index (χ3v) is 5.08. The summed E-state index contributed by atoms with van der Waals surface area (Å²) in [6.45, 7) is 1.62. The van der Waals surface area contributed by atoms with Crippen LogP contribution in [0.3, 0.4) is 0 Å². The first-order valence-electron chi connectivity index (χ1n) is 9.16. The van der Waals surface area contributed by atoms with Crippen molar-refractivity contribution in [1.29, 1.82) is 0 Å². The average Bonchev–Trinajstić information content (AvgIpc) is 3.02. The van der Waals surface area contributed by atoms with Crippen LogP contribution in [-0.4, -0.2) is 47.4 Å². The number of ether oxygens (including phenoxy) is 1. The van der Waals surface area contributed by atoms with Crippen LogP contribution in [0.25, 0.3) is 0 Å². The molecule has 2 aliphatic heterocycles. The summed E-state index contributed by atoms with van der Waals surface area (Å²) in [7, 11) is 0. The number of fused-ring (bicyclic) bond motifs is 1.